The van der Waals surface area contributed by atoms with E-state index in [4.69, 9.17) is 0 Å². The maximum atomic E-state index is 10.7. The molecule has 0 aliphatic rings. The highest BCUT2D eigenvalue weighted by atomic mass is 35.5. The van der Waals surface area contributed by atoms with Crippen LogP contribution in [-0.2, 0) is 14.3 Å². The first-order valence-corrected chi connectivity index (χ1v) is 4.96. The molecule has 0 atom stereocenters. The summed E-state index contributed by atoms with van der Waals surface area (Å²) < 4.78 is 4.47. The van der Waals surface area contributed by atoms with Crippen molar-refractivity contribution in [3.05, 3.63) is 30.3 Å². The van der Waals surface area contributed by atoms with Crippen molar-refractivity contribution in [2.75, 3.05) is 19.0 Å². The molecule has 0 radical (unpaired) electrons. The largest absolute Gasteiger partial charge is 0.468 e. The van der Waals surface area contributed by atoms with Crippen molar-refractivity contribution in [2.24, 2.45) is 0 Å². The van der Waals surface area contributed by atoms with E-state index in [0.717, 1.165) is 5.69 Å². The summed E-state index contributed by atoms with van der Waals surface area (Å²) in [7, 11) is 1.37. The van der Waals surface area contributed by atoms with Crippen molar-refractivity contribution in [1.82, 2.24) is 0 Å². The lowest BCUT2D eigenvalue weighted by molar-refractivity contribution is -0.138. The molecule has 1 rings (SSSR count). The molecule has 6 heteroatoms. The Morgan fingerprint density at radius 3 is 2.18 bits per heavy atom. The zero-order valence-corrected chi connectivity index (χ0v) is 11.2. The zero-order valence-electron chi connectivity index (χ0n) is 9.60. The van der Waals surface area contributed by atoms with Crippen LogP contribution in [0.1, 0.15) is 6.92 Å². The van der Waals surface area contributed by atoms with Crippen LogP contribution in [0.3, 0.4) is 0 Å². The Morgan fingerprint density at radius 1 is 1.29 bits per heavy atom. The van der Waals surface area contributed by atoms with Crippen LogP contribution in [0.2, 0.25) is 0 Å². The normalized spacial score (nSPS) is 7.94. The van der Waals surface area contributed by atoms with E-state index in [9.17, 15) is 9.59 Å². The Bertz CT molecular complexity index is 327. The lowest BCUT2D eigenvalue weighted by Gasteiger charge is -2.03. The number of hydrogen-bond donors (Lipinski definition) is 1. The van der Waals surface area contributed by atoms with E-state index in [0.29, 0.717) is 0 Å². The quantitative estimate of drug-likeness (QED) is 0.682. The van der Waals surface area contributed by atoms with Gasteiger partial charge in [-0.1, -0.05) is 18.2 Å². The van der Waals surface area contributed by atoms with Gasteiger partial charge in [0.2, 0.25) is 5.24 Å². The third kappa shape index (κ3) is 12.7. The number of rotatable bonds is 3. The molecule has 0 fully saturated rings. The number of carbonyl (C=O) groups excluding carboxylic acids is 2. The van der Waals surface area contributed by atoms with Crippen LogP contribution in [0.25, 0.3) is 0 Å². The highest BCUT2D eigenvalue weighted by Crippen LogP contribution is 2.03. The summed E-state index contributed by atoms with van der Waals surface area (Å²) >= 11 is 4.64. The summed E-state index contributed by atoms with van der Waals surface area (Å²) in [5, 5.41) is 2.56. The number of para-hydroxylation sites is 1. The minimum absolute atomic E-state index is 0. The van der Waals surface area contributed by atoms with Gasteiger partial charge in [-0.15, -0.1) is 12.4 Å². The van der Waals surface area contributed by atoms with Gasteiger partial charge in [0.25, 0.3) is 0 Å². The molecule has 0 aliphatic carbocycles. The fourth-order valence-corrected chi connectivity index (χ4v) is 0.802. The Balaban J connectivity index is 0. The smallest absolute Gasteiger partial charge is 0.325 e. The van der Waals surface area contributed by atoms with Gasteiger partial charge in [-0.25, -0.2) is 0 Å². The number of carbonyl (C=O) groups is 2. The second-order valence-corrected chi connectivity index (χ2v) is 3.30. The second kappa shape index (κ2) is 11.2. The monoisotopic (exact) mass is 279 g/mol. The lowest BCUT2D eigenvalue weighted by atomic mass is 10.3. The molecule has 0 heterocycles. The van der Waals surface area contributed by atoms with Gasteiger partial charge in [-0.3, -0.25) is 9.59 Å². The number of esters is 1. The van der Waals surface area contributed by atoms with Gasteiger partial charge >= 0.3 is 5.97 Å². The first-order valence-electron chi connectivity index (χ1n) is 4.58. The third-order valence-corrected chi connectivity index (χ3v) is 1.44. The van der Waals surface area contributed by atoms with Gasteiger partial charge in [-0.2, -0.15) is 0 Å². The Labute approximate surface area is 112 Å². The number of nitrogens with one attached hydrogen (secondary N) is 1. The Kier molecular flexibility index (Phi) is 12.0. The van der Waals surface area contributed by atoms with Gasteiger partial charge < -0.3 is 10.1 Å². The van der Waals surface area contributed by atoms with Crippen molar-refractivity contribution >= 4 is 40.9 Å². The fraction of sp³-hybridized carbons (Fsp3) is 0.273. The molecule has 1 N–H and O–H groups in total. The number of halogens is 2. The topological polar surface area (TPSA) is 55.4 Å². The van der Waals surface area contributed by atoms with Crippen LogP contribution in [0.5, 0.6) is 0 Å². The minimum Gasteiger partial charge on any atom is -0.468 e. The first-order chi connectivity index (χ1) is 7.56. The molecule has 0 aromatic heterocycles. The highest BCUT2D eigenvalue weighted by Gasteiger charge is 1.97. The molecule has 96 valence electrons. The lowest BCUT2D eigenvalue weighted by Crippen LogP contribution is -2.14. The Morgan fingerprint density at radius 2 is 1.76 bits per heavy atom. The van der Waals surface area contributed by atoms with E-state index in [1.54, 1.807) is 0 Å². The standard InChI is InChI=1S/C9H11NO2.C2H3ClO.ClH/c1-12-9(11)7-10-8-5-3-2-4-6-8;1-2(3)4;/h2-6,10H,7H2,1H3;1H3;1H. The summed E-state index contributed by atoms with van der Waals surface area (Å²) in [6.45, 7) is 1.50. The SMILES string of the molecule is CC(=O)Cl.COC(=O)CNc1ccccc1.Cl. The van der Waals surface area contributed by atoms with Crippen LogP contribution >= 0.6 is 24.0 Å². The van der Waals surface area contributed by atoms with E-state index >= 15 is 0 Å². The highest BCUT2D eigenvalue weighted by molar-refractivity contribution is 6.62. The minimum atomic E-state index is -0.361. The number of anilines is 1. The predicted octanol–water partition coefficient (Wildman–Crippen LogP) is 2.47. The van der Waals surface area contributed by atoms with E-state index < -0.39 is 0 Å². The van der Waals surface area contributed by atoms with Crippen LogP contribution in [-0.4, -0.2) is 24.9 Å². The number of benzene rings is 1. The van der Waals surface area contributed by atoms with Gasteiger partial charge in [-0.05, 0) is 23.7 Å². The summed E-state index contributed by atoms with van der Waals surface area (Å²) in [5.74, 6) is -0.265. The van der Waals surface area contributed by atoms with Gasteiger partial charge in [0.05, 0.1) is 7.11 Å². The van der Waals surface area contributed by atoms with E-state index in [1.165, 1.54) is 14.0 Å². The molecule has 17 heavy (non-hydrogen) atoms. The molecular weight excluding hydrogens is 265 g/mol. The van der Waals surface area contributed by atoms with Crippen LogP contribution < -0.4 is 5.32 Å². The summed E-state index contributed by atoms with van der Waals surface area (Å²) in [6, 6.07) is 9.51. The van der Waals surface area contributed by atoms with Crippen LogP contribution in [0.4, 0.5) is 5.69 Å². The molecule has 0 bridgehead atoms. The molecule has 4 nitrogen and oxygen atoms in total. The zero-order chi connectivity index (χ0) is 12.4. The molecule has 0 unspecified atom stereocenters. The molecule has 1 aromatic rings. The van der Waals surface area contributed by atoms with Crippen molar-refractivity contribution in [3.63, 3.8) is 0 Å². The molecule has 1 aromatic carbocycles. The van der Waals surface area contributed by atoms with Crippen molar-refractivity contribution in [2.45, 2.75) is 6.92 Å². The fourth-order valence-electron chi connectivity index (χ4n) is 0.802. The number of ether oxygens (including phenoxy) is 1. The van der Waals surface area contributed by atoms with Gasteiger partial charge in [0, 0.05) is 12.6 Å². The van der Waals surface area contributed by atoms with Gasteiger partial charge in [0.15, 0.2) is 0 Å². The average Bonchev–Trinajstić information content (AvgIpc) is 2.26. The third-order valence-electron chi connectivity index (χ3n) is 1.44. The maximum absolute atomic E-state index is 10.7. The molecular formula is C11H15Cl2NO3. The first kappa shape index (κ1) is 18.1. The van der Waals surface area contributed by atoms with Crippen molar-refractivity contribution < 1.29 is 14.3 Å². The molecule has 0 amide bonds. The summed E-state index contributed by atoms with van der Waals surface area (Å²) in [6.07, 6.45) is 0. The van der Waals surface area contributed by atoms with Crippen molar-refractivity contribution in [3.8, 4) is 0 Å². The predicted molar refractivity (Wildman–Crippen MR) is 70.7 cm³/mol. The van der Waals surface area contributed by atoms with Crippen molar-refractivity contribution in [1.29, 1.82) is 0 Å². The van der Waals surface area contributed by atoms with Gasteiger partial charge in [0.1, 0.15) is 6.54 Å². The maximum Gasteiger partial charge on any atom is 0.325 e. The van der Waals surface area contributed by atoms with E-state index in [-0.39, 0.29) is 30.2 Å². The van der Waals surface area contributed by atoms with E-state index in [1.807, 2.05) is 30.3 Å². The van der Waals surface area contributed by atoms with E-state index in [2.05, 4.69) is 21.7 Å². The van der Waals surface area contributed by atoms with Crippen LogP contribution in [0, 0.1) is 0 Å². The summed E-state index contributed by atoms with van der Waals surface area (Å²) in [4.78, 5) is 19.9. The molecule has 0 aliphatic heterocycles. The average molecular weight is 280 g/mol. The second-order valence-electron chi connectivity index (χ2n) is 2.77. The van der Waals surface area contributed by atoms with Crippen LogP contribution in [0.15, 0.2) is 30.3 Å². The summed E-state index contributed by atoms with van der Waals surface area (Å²) in [5.41, 5.74) is 0.919. The molecule has 0 spiro atoms. The molecule has 0 saturated heterocycles. The Hall–Kier alpha value is -1.26. The number of hydrogen-bond acceptors (Lipinski definition) is 4. The molecule has 0 saturated carbocycles. The number of methoxy groups -OCH3 is 1.